The van der Waals surface area contributed by atoms with Gasteiger partial charge in [0.05, 0.1) is 11.1 Å². The first-order valence-corrected chi connectivity index (χ1v) is 8.28. The molecule has 0 amide bonds. The quantitative estimate of drug-likeness (QED) is 0.390. The summed E-state index contributed by atoms with van der Waals surface area (Å²) >= 11 is 0. The summed E-state index contributed by atoms with van der Waals surface area (Å²) in [7, 11) is 0. The topological polar surface area (TPSA) is 108 Å². The van der Waals surface area contributed by atoms with Crippen molar-refractivity contribution in [2.45, 2.75) is 0 Å². The van der Waals surface area contributed by atoms with Crippen LogP contribution in [-0.4, -0.2) is 25.1 Å². The number of rotatable bonds is 3. The lowest BCUT2D eigenvalue weighted by Crippen LogP contribution is -2.02. The van der Waals surface area contributed by atoms with Crippen LogP contribution in [0.1, 0.15) is 0 Å². The SMILES string of the molecule is Nc1nc(Nc2ccc3cc[nH]c3c2)ncc1-c1n[nH]c2ccc(F)cc12. The molecule has 0 saturated carbocycles. The Morgan fingerprint density at radius 3 is 2.85 bits per heavy atom. The summed E-state index contributed by atoms with van der Waals surface area (Å²) in [6.07, 6.45) is 3.47. The van der Waals surface area contributed by atoms with Gasteiger partial charge in [0, 0.05) is 29.0 Å². The van der Waals surface area contributed by atoms with Crippen LogP contribution in [0.5, 0.6) is 0 Å². The number of nitrogens with two attached hydrogens (primary N) is 1. The zero-order valence-electron chi connectivity index (χ0n) is 14.0. The van der Waals surface area contributed by atoms with E-state index in [2.05, 4.69) is 30.5 Å². The maximum atomic E-state index is 13.6. The number of aromatic nitrogens is 5. The number of hydrogen-bond acceptors (Lipinski definition) is 5. The molecule has 5 rings (SSSR count). The average molecular weight is 359 g/mol. The molecule has 3 heterocycles. The van der Waals surface area contributed by atoms with Gasteiger partial charge in [-0.3, -0.25) is 5.10 Å². The zero-order chi connectivity index (χ0) is 18.4. The van der Waals surface area contributed by atoms with Crippen LogP contribution >= 0.6 is 0 Å². The second kappa shape index (κ2) is 5.80. The summed E-state index contributed by atoms with van der Waals surface area (Å²) in [6, 6.07) is 12.3. The fourth-order valence-corrected chi connectivity index (χ4v) is 3.08. The lowest BCUT2D eigenvalue weighted by Gasteiger charge is -2.08. The van der Waals surface area contributed by atoms with Gasteiger partial charge in [-0.15, -0.1) is 0 Å². The number of nitrogens with one attached hydrogen (secondary N) is 3. The number of anilines is 3. The predicted octanol–water partition coefficient (Wildman–Crippen LogP) is 3.97. The standard InChI is InChI=1S/C19H14FN7/c20-11-2-4-15-13(7-11)17(27-26-15)14-9-23-19(25-18(14)21)24-12-3-1-10-5-6-22-16(10)8-12/h1-9,22H,(H,26,27)(H3,21,23,24,25). The molecule has 7 nitrogen and oxygen atoms in total. The van der Waals surface area contributed by atoms with E-state index in [1.165, 1.54) is 12.1 Å². The van der Waals surface area contributed by atoms with E-state index >= 15 is 0 Å². The molecule has 132 valence electrons. The second-order valence-corrected chi connectivity index (χ2v) is 6.16. The summed E-state index contributed by atoms with van der Waals surface area (Å²) < 4.78 is 13.6. The molecule has 8 heteroatoms. The van der Waals surface area contributed by atoms with Crippen LogP contribution in [0.2, 0.25) is 0 Å². The summed E-state index contributed by atoms with van der Waals surface area (Å²) in [6.45, 7) is 0. The first kappa shape index (κ1) is 15.3. The van der Waals surface area contributed by atoms with E-state index in [4.69, 9.17) is 5.73 Å². The monoisotopic (exact) mass is 359 g/mol. The van der Waals surface area contributed by atoms with Crippen molar-refractivity contribution in [3.8, 4) is 11.3 Å². The number of H-pyrrole nitrogens is 2. The molecular weight excluding hydrogens is 345 g/mol. The van der Waals surface area contributed by atoms with Gasteiger partial charge in [0.2, 0.25) is 5.95 Å². The normalized spacial score (nSPS) is 11.3. The molecule has 0 unspecified atom stereocenters. The van der Waals surface area contributed by atoms with Crippen molar-refractivity contribution in [2.75, 3.05) is 11.1 Å². The minimum atomic E-state index is -0.345. The zero-order valence-corrected chi connectivity index (χ0v) is 14.0. The molecule has 0 atom stereocenters. The van der Waals surface area contributed by atoms with Gasteiger partial charge in [-0.2, -0.15) is 10.1 Å². The second-order valence-electron chi connectivity index (χ2n) is 6.16. The van der Waals surface area contributed by atoms with Crippen molar-refractivity contribution in [1.29, 1.82) is 0 Å². The highest BCUT2D eigenvalue weighted by atomic mass is 19.1. The van der Waals surface area contributed by atoms with Crippen LogP contribution in [0.3, 0.4) is 0 Å². The summed E-state index contributed by atoms with van der Waals surface area (Å²) in [5.74, 6) is 0.280. The third kappa shape index (κ3) is 2.63. The summed E-state index contributed by atoms with van der Waals surface area (Å²) in [4.78, 5) is 11.8. The van der Waals surface area contributed by atoms with Gasteiger partial charge >= 0.3 is 0 Å². The maximum Gasteiger partial charge on any atom is 0.229 e. The van der Waals surface area contributed by atoms with Crippen LogP contribution in [0.15, 0.2) is 54.9 Å². The Morgan fingerprint density at radius 2 is 1.96 bits per heavy atom. The minimum Gasteiger partial charge on any atom is -0.383 e. The van der Waals surface area contributed by atoms with E-state index in [0.717, 1.165) is 16.6 Å². The average Bonchev–Trinajstić information content (AvgIpc) is 3.28. The van der Waals surface area contributed by atoms with Crippen molar-refractivity contribution < 1.29 is 4.39 Å². The number of hydrogen-bond donors (Lipinski definition) is 4. The van der Waals surface area contributed by atoms with Gasteiger partial charge in [0.25, 0.3) is 0 Å². The molecule has 0 spiro atoms. The van der Waals surface area contributed by atoms with E-state index in [9.17, 15) is 4.39 Å². The molecule has 0 saturated heterocycles. The Balaban J connectivity index is 1.50. The van der Waals surface area contributed by atoms with E-state index in [0.29, 0.717) is 28.1 Å². The van der Waals surface area contributed by atoms with Gasteiger partial charge in [-0.25, -0.2) is 9.37 Å². The Morgan fingerprint density at radius 1 is 1.04 bits per heavy atom. The highest BCUT2D eigenvalue weighted by Crippen LogP contribution is 2.30. The van der Waals surface area contributed by atoms with Gasteiger partial charge in [0.15, 0.2) is 0 Å². The van der Waals surface area contributed by atoms with Gasteiger partial charge in [-0.05, 0) is 41.8 Å². The molecule has 0 aliphatic rings. The molecule has 3 aromatic heterocycles. The number of nitrogens with zero attached hydrogens (tertiary/aromatic N) is 3. The van der Waals surface area contributed by atoms with Crippen LogP contribution in [0.25, 0.3) is 33.1 Å². The van der Waals surface area contributed by atoms with Gasteiger partial charge in [-0.1, -0.05) is 6.07 Å². The van der Waals surface area contributed by atoms with E-state index in [1.54, 1.807) is 12.3 Å². The van der Waals surface area contributed by atoms with E-state index in [-0.39, 0.29) is 11.6 Å². The fourth-order valence-electron chi connectivity index (χ4n) is 3.08. The molecule has 27 heavy (non-hydrogen) atoms. The summed E-state index contributed by atoms with van der Waals surface area (Å²) in [5, 5.41) is 12.0. The molecule has 0 bridgehead atoms. The van der Waals surface area contributed by atoms with Crippen LogP contribution in [0.4, 0.5) is 21.8 Å². The Hall–Kier alpha value is -3.94. The molecule has 2 aromatic carbocycles. The van der Waals surface area contributed by atoms with Gasteiger partial charge < -0.3 is 16.0 Å². The first-order chi connectivity index (χ1) is 13.2. The lowest BCUT2D eigenvalue weighted by atomic mass is 10.1. The number of benzene rings is 2. The third-order valence-corrected chi connectivity index (χ3v) is 4.41. The number of aromatic amines is 2. The Kier molecular flexibility index (Phi) is 3.29. The van der Waals surface area contributed by atoms with Crippen molar-refractivity contribution in [2.24, 2.45) is 0 Å². The predicted molar refractivity (Wildman–Crippen MR) is 103 cm³/mol. The Bertz CT molecular complexity index is 1290. The van der Waals surface area contributed by atoms with Crippen LogP contribution in [-0.2, 0) is 0 Å². The highest BCUT2D eigenvalue weighted by Gasteiger charge is 2.14. The van der Waals surface area contributed by atoms with Crippen molar-refractivity contribution >= 4 is 39.3 Å². The van der Waals surface area contributed by atoms with Crippen LogP contribution in [0, 0.1) is 5.82 Å². The molecule has 5 aromatic rings. The third-order valence-electron chi connectivity index (χ3n) is 4.41. The fraction of sp³-hybridized carbons (Fsp3) is 0. The number of nitrogen functional groups attached to an aromatic ring is 1. The lowest BCUT2D eigenvalue weighted by molar-refractivity contribution is 0.630. The smallest absolute Gasteiger partial charge is 0.229 e. The van der Waals surface area contributed by atoms with E-state index in [1.807, 2.05) is 30.5 Å². The van der Waals surface area contributed by atoms with Crippen molar-refractivity contribution in [3.63, 3.8) is 0 Å². The van der Waals surface area contributed by atoms with E-state index < -0.39 is 0 Å². The molecule has 0 fully saturated rings. The first-order valence-electron chi connectivity index (χ1n) is 8.28. The molecule has 0 aliphatic heterocycles. The number of halogens is 1. The molecule has 0 aliphatic carbocycles. The van der Waals surface area contributed by atoms with Crippen molar-refractivity contribution in [1.82, 2.24) is 25.1 Å². The molecule has 0 radical (unpaired) electrons. The maximum absolute atomic E-state index is 13.6. The van der Waals surface area contributed by atoms with Gasteiger partial charge in [0.1, 0.15) is 17.3 Å². The Labute approximate surface area is 152 Å². The molecule has 5 N–H and O–H groups in total. The summed E-state index contributed by atoms with van der Waals surface area (Å²) in [5.41, 5.74) is 9.74. The highest BCUT2D eigenvalue weighted by molar-refractivity contribution is 5.95. The van der Waals surface area contributed by atoms with Crippen LogP contribution < -0.4 is 11.1 Å². The number of fused-ring (bicyclic) bond motifs is 2. The largest absolute Gasteiger partial charge is 0.383 e. The van der Waals surface area contributed by atoms with Crippen molar-refractivity contribution in [3.05, 3.63) is 60.7 Å². The molecular formula is C19H14FN7. The minimum absolute atomic E-state index is 0.256.